The molecule has 0 atom stereocenters. The van der Waals surface area contributed by atoms with Gasteiger partial charge in [-0.25, -0.2) is 8.42 Å². The van der Waals surface area contributed by atoms with Gasteiger partial charge in [0.2, 0.25) is 10.0 Å². The van der Waals surface area contributed by atoms with Gasteiger partial charge in [-0.3, -0.25) is 4.79 Å². The Morgan fingerprint density at radius 2 is 1.72 bits per heavy atom. The van der Waals surface area contributed by atoms with E-state index in [-0.39, 0.29) is 10.8 Å². The molecule has 1 saturated carbocycles. The number of hydrogen-bond donors (Lipinski definition) is 2. The minimum atomic E-state index is -3.46. The van der Waals surface area contributed by atoms with Crippen LogP contribution in [0.25, 0.3) is 0 Å². The first kappa shape index (κ1) is 19.9. The molecule has 7 heteroatoms. The van der Waals surface area contributed by atoms with Crippen LogP contribution in [0.5, 0.6) is 0 Å². The molecule has 0 spiro atoms. The first-order valence-electron chi connectivity index (χ1n) is 9.20. The van der Waals surface area contributed by atoms with E-state index in [9.17, 15) is 13.2 Å². The number of anilines is 1. The summed E-state index contributed by atoms with van der Waals surface area (Å²) < 4.78 is 26.3. The lowest BCUT2D eigenvalue weighted by atomic mass is 9.95. The Morgan fingerprint density at radius 1 is 1.12 bits per heavy atom. The predicted octanol–water partition coefficient (Wildman–Crippen LogP) is 1.55. The second-order valence-corrected chi connectivity index (χ2v) is 8.44. The Hall–Kier alpha value is -1.44. The topological polar surface area (TPSA) is 83.1 Å². The van der Waals surface area contributed by atoms with Crippen LogP contribution in [-0.2, 0) is 14.8 Å². The van der Waals surface area contributed by atoms with Crippen LogP contribution in [0.15, 0.2) is 29.2 Å². The third-order valence-corrected chi connectivity index (χ3v) is 6.83. The highest BCUT2D eigenvalue weighted by Crippen LogP contribution is 2.18. The smallest absolute Gasteiger partial charge is 0.279 e. The number of nitrogens with one attached hydrogen (secondary N) is 1. The largest absolute Gasteiger partial charge is 0.336 e. The molecule has 25 heavy (non-hydrogen) atoms. The van der Waals surface area contributed by atoms with Gasteiger partial charge in [0.05, 0.1) is 10.9 Å². The van der Waals surface area contributed by atoms with Gasteiger partial charge < -0.3 is 10.6 Å². The standard InChI is InChI=1S/C18H29N3O3S/c1-3-21(4-2)25(23,24)17-12-10-16(11-13-17)20-18(22)14-19-15-8-6-5-7-9-15/h10-13,15,19H,3-9,14H2,1-2H3,(H,20,22)/p+1. The number of sulfonamides is 1. The fourth-order valence-electron chi connectivity index (χ4n) is 3.28. The van der Waals surface area contributed by atoms with E-state index in [1.165, 1.54) is 36.4 Å². The van der Waals surface area contributed by atoms with Crippen LogP contribution in [0.3, 0.4) is 0 Å². The number of nitrogens with two attached hydrogens (primary N) is 1. The molecule has 1 fully saturated rings. The lowest BCUT2D eigenvalue weighted by Gasteiger charge is -2.19. The van der Waals surface area contributed by atoms with E-state index in [4.69, 9.17) is 0 Å². The van der Waals surface area contributed by atoms with Gasteiger partial charge in [0.25, 0.3) is 5.91 Å². The van der Waals surface area contributed by atoms with Crippen molar-refractivity contribution in [1.82, 2.24) is 4.31 Å². The second-order valence-electron chi connectivity index (χ2n) is 6.50. The molecule has 1 aliphatic rings. The summed E-state index contributed by atoms with van der Waals surface area (Å²) in [7, 11) is -3.46. The van der Waals surface area contributed by atoms with E-state index in [0.717, 1.165) is 0 Å². The number of rotatable bonds is 8. The van der Waals surface area contributed by atoms with Crippen LogP contribution < -0.4 is 10.6 Å². The van der Waals surface area contributed by atoms with E-state index >= 15 is 0 Å². The van der Waals surface area contributed by atoms with E-state index in [1.54, 1.807) is 24.3 Å². The van der Waals surface area contributed by atoms with E-state index in [0.29, 0.717) is 31.4 Å². The number of quaternary nitrogens is 1. The molecule has 3 N–H and O–H groups in total. The number of amides is 1. The van der Waals surface area contributed by atoms with Crippen molar-refractivity contribution in [1.29, 1.82) is 0 Å². The second kappa shape index (κ2) is 9.31. The molecule has 1 aromatic rings. The molecule has 0 aliphatic heterocycles. The highest BCUT2D eigenvalue weighted by atomic mass is 32.2. The van der Waals surface area contributed by atoms with Crippen LogP contribution in [0, 0.1) is 0 Å². The third kappa shape index (κ3) is 5.52. The van der Waals surface area contributed by atoms with Gasteiger partial charge in [-0.1, -0.05) is 20.3 Å². The van der Waals surface area contributed by atoms with Crippen LogP contribution in [0.2, 0.25) is 0 Å². The highest BCUT2D eigenvalue weighted by Gasteiger charge is 2.21. The lowest BCUT2D eigenvalue weighted by molar-refractivity contribution is -0.681. The molecular weight excluding hydrogens is 338 g/mol. The molecule has 0 aromatic heterocycles. The van der Waals surface area contributed by atoms with Crippen molar-refractivity contribution in [2.45, 2.75) is 56.9 Å². The van der Waals surface area contributed by atoms with Gasteiger partial charge in [-0.2, -0.15) is 4.31 Å². The summed E-state index contributed by atoms with van der Waals surface area (Å²) in [6, 6.07) is 6.95. The quantitative estimate of drug-likeness (QED) is 0.730. The van der Waals surface area contributed by atoms with Crippen molar-refractivity contribution >= 4 is 21.6 Å². The van der Waals surface area contributed by atoms with Gasteiger partial charge in [0.1, 0.15) is 0 Å². The number of benzene rings is 1. The minimum absolute atomic E-state index is 0.0510. The van der Waals surface area contributed by atoms with Gasteiger partial charge in [0, 0.05) is 18.8 Å². The molecule has 1 amide bonds. The zero-order valence-electron chi connectivity index (χ0n) is 15.2. The van der Waals surface area contributed by atoms with Crippen molar-refractivity contribution in [2.24, 2.45) is 0 Å². The molecule has 0 saturated heterocycles. The maximum Gasteiger partial charge on any atom is 0.279 e. The summed E-state index contributed by atoms with van der Waals surface area (Å²) in [4.78, 5) is 12.3. The molecule has 0 unspecified atom stereocenters. The highest BCUT2D eigenvalue weighted by molar-refractivity contribution is 7.89. The van der Waals surface area contributed by atoms with Gasteiger partial charge in [-0.15, -0.1) is 0 Å². The van der Waals surface area contributed by atoms with E-state index in [1.807, 2.05) is 13.8 Å². The fraction of sp³-hybridized carbons (Fsp3) is 0.611. The summed E-state index contributed by atoms with van der Waals surface area (Å²) in [5.41, 5.74) is 0.626. The first-order chi connectivity index (χ1) is 12.0. The molecule has 0 bridgehead atoms. The lowest BCUT2D eigenvalue weighted by Crippen LogP contribution is -2.91. The Kier molecular flexibility index (Phi) is 7.40. The molecule has 0 radical (unpaired) electrons. The van der Waals surface area contributed by atoms with E-state index in [2.05, 4.69) is 10.6 Å². The molecule has 1 aliphatic carbocycles. The van der Waals surface area contributed by atoms with Gasteiger partial charge in [0.15, 0.2) is 6.54 Å². The van der Waals surface area contributed by atoms with Crippen molar-refractivity contribution in [2.75, 3.05) is 25.0 Å². The van der Waals surface area contributed by atoms with Crippen molar-refractivity contribution in [3.8, 4) is 0 Å². The van der Waals surface area contributed by atoms with Crippen LogP contribution in [-0.4, -0.2) is 44.3 Å². The van der Waals surface area contributed by atoms with Gasteiger partial charge >= 0.3 is 0 Å². The third-order valence-electron chi connectivity index (χ3n) is 4.77. The molecule has 140 valence electrons. The van der Waals surface area contributed by atoms with Gasteiger partial charge in [-0.05, 0) is 49.9 Å². The molecule has 0 heterocycles. The summed E-state index contributed by atoms with van der Waals surface area (Å²) in [6.07, 6.45) is 6.19. The number of carbonyl (C=O) groups is 1. The Morgan fingerprint density at radius 3 is 2.28 bits per heavy atom. The zero-order chi connectivity index (χ0) is 18.3. The van der Waals surface area contributed by atoms with Crippen molar-refractivity contribution in [3.05, 3.63) is 24.3 Å². The SMILES string of the molecule is CCN(CC)S(=O)(=O)c1ccc(NC(=O)C[NH2+]C2CCCCC2)cc1. The number of carbonyl (C=O) groups excluding carboxylic acids is 1. The fourth-order valence-corrected chi connectivity index (χ4v) is 4.74. The summed E-state index contributed by atoms with van der Waals surface area (Å²) in [5.74, 6) is -0.0510. The average Bonchev–Trinajstić information content (AvgIpc) is 2.62. The normalized spacial score (nSPS) is 16.1. The molecule has 2 rings (SSSR count). The summed E-state index contributed by atoms with van der Waals surface area (Å²) >= 11 is 0. The summed E-state index contributed by atoms with van der Waals surface area (Å²) in [6.45, 7) is 4.92. The first-order valence-corrected chi connectivity index (χ1v) is 10.6. The monoisotopic (exact) mass is 368 g/mol. The van der Waals surface area contributed by atoms with Crippen LogP contribution >= 0.6 is 0 Å². The Balaban J connectivity index is 1.90. The maximum absolute atomic E-state index is 12.4. The van der Waals surface area contributed by atoms with Crippen molar-refractivity contribution in [3.63, 3.8) is 0 Å². The predicted molar refractivity (Wildman–Crippen MR) is 98.8 cm³/mol. The summed E-state index contributed by atoms with van der Waals surface area (Å²) in [5, 5.41) is 4.96. The zero-order valence-corrected chi connectivity index (χ0v) is 16.0. The minimum Gasteiger partial charge on any atom is -0.336 e. The van der Waals surface area contributed by atoms with Crippen molar-refractivity contribution < 1.29 is 18.5 Å². The Bertz CT molecular complexity index is 649. The number of hydrogen-bond acceptors (Lipinski definition) is 3. The average molecular weight is 369 g/mol. The number of nitrogens with zero attached hydrogens (tertiary/aromatic N) is 1. The molecule has 1 aromatic carbocycles. The van der Waals surface area contributed by atoms with Crippen LogP contribution in [0.1, 0.15) is 46.0 Å². The molecule has 6 nitrogen and oxygen atoms in total. The van der Waals surface area contributed by atoms with E-state index < -0.39 is 10.0 Å². The Labute approximate surface area is 151 Å². The van der Waals surface area contributed by atoms with Crippen LogP contribution in [0.4, 0.5) is 5.69 Å². The maximum atomic E-state index is 12.4. The molecular formula is C18H30N3O3S+.